The number of rotatable bonds is 6. The number of nitrogens with two attached hydrogens (primary N) is 1. The molecular formula is C21H20F2N7O2+. The van der Waals surface area contributed by atoms with Crippen LogP contribution in [0.2, 0.25) is 0 Å². The zero-order chi connectivity index (χ0) is 23.0. The quantitative estimate of drug-likeness (QED) is 0.462. The van der Waals surface area contributed by atoms with Crippen molar-refractivity contribution in [2.45, 2.75) is 0 Å². The van der Waals surface area contributed by atoms with Gasteiger partial charge in [-0.2, -0.15) is 10.1 Å². The first kappa shape index (κ1) is 21.2. The third kappa shape index (κ3) is 3.52. The number of benzene rings is 1. The minimum atomic E-state index is -0.823. The first-order valence-corrected chi connectivity index (χ1v) is 9.65. The number of aryl methyl sites for hydroxylation is 1. The number of alkyl halides is 1. The number of hydrogen-bond donors (Lipinski definition) is 1. The fourth-order valence-electron chi connectivity index (χ4n) is 3.57. The van der Waals surface area contributed by atoms with E-state index in [1.165, 1.54) is 37.1 Å². The normalized spacial score (nSPS) is 13.2. The summed E-state index contributed by atoms with van der Waals surface area (Å²) in [5, 5.41) is 3.94. The molecule has 1 unspecified atom stereocenters. The van der Waals surface area contributed by atoms with Gasteiger partial charge < -0.3 is 5.73 Å². The van der Waals surface area contributed by atoms with Crippen molar-refractivity contribution >= 4 is 23.4 Å². The maximum absolute atomic E-state index is 13.6. The summed E-state index contributed by atoms with van der Waals surface area (Å²) in [6, 6.07) is 7.54. The lowest BCUT2D eigenvalue weighted by Crippen LogP contribution is -2.53. The van der Waals surface area contributed by atoms with Gasteiger partial charge in [0.05, 0.1) is 18.9 Å². The molecule has 0 fully saturated rings. The predicted octanol–water partition coefficient (Wildman–Crippen LogP) is 2.11. The van der Waals surface area contributed by atoms with E-state index >= 15 is 0 Å². The fourth-order valence-corrected chi connectivity index (χ4v) is 3.57. The van der Waals surface area contributed by atoms with Crippen molar-refractivity contribution in [3.8, 4) is 11.3 Å². The lowest BCUT2D eigenvalue weighted by molar-refractivity contribution is 0.0781. The minimum Gasteiger partial charge on any atom is -0.364 e. The largest absolute Gasteiger partial charge is 0.364 e. The molecule has 3 aromatic heterocycles. The Bertz CT molecular complexity index is 1350. The monoisotopic (exact) mass is 440 g/mol. The Hall–Kier alpha value is -3.99. The van der Waals surface area contributed by atoms with E-state index in [-0.39, 0.29) is 29.4 Å². The minimum absolute atomic E-state index is 0.0265. The molecular weight excluding hydrogens is 420 g/mol. The van der Waals surface area contributed by atoms with Gasteiger partial charge in [0.25, 0.3) is 5.91 Å². The Morgan fingerprint density at radius 1 is 1.22 bits per heavy atom. The number of fused-ring (bicyclic) bond motifs is 1. The van der Waals surface area contributed by atoms with Gasteiger partial charge >= 0.3 is 5.91 Å². The van der Waals surface area contributed by atoms with Gasteiger partial charge in [0.2, 0.25) is 11.6 Å². The molecule has 164 valence electrons. The SMILES string of the molecule is Cn1ncc(C(=O)[N+](C)(CCF)c2ccn3cc(-c4cccc(F)c4)nc3n2)c1C(N)=O. The molecule has 0 aliphatic rings. The van der Waals surface area contributed by atoms with Crippen molar-refractivity contribution in [1.29, 1.82) is 0 Å². The van der Waals surface area contributed by atoms with Gasteiger partial charge in [0.15, 0.2) is 0 Å². The standard InChI is InChI=1S/C21H19F2N7O2/c1-28-18(19(24)31)15(11-25-28)20(32)30(2,9-7-22)17-6-8-29-12-16(26-21(29)27-17)13-4-3-5-14(23)10-13/h3-6,8,10-12H,7,9H2,1-2H3,(H-,24,31)/p+1. The number of amides is 2. The van der Waals surface area contributed by atoms with Crippen molar-refractivity contribution in [3.63, 3.8) is 0 Å². The molecule has 9 nitrogen and oxygen atoms in total. The van der Waals surface area contributed by atoms with Crippen LogP contribution in [0.15, 0.2) is 48.9 Å². The molecule has 4 rings (SSSR count). The Kier molecular flexibility index (Phi) is 5.26. The maximum Gasteiger partial charge on any atom is 0.356 e. The summed E-state index contributed by atoms with van der Waals surface area (Å²) in [4.78, 5) is 34.2. The Labute approximate surface area is 181 Å². The number of carbonyl (C=O) groups excluding carboxylic acids is 2. The van der Waals surface area contributed by atoms with Gasteiger partial charge in [-0.3, -0.25) is 13.9 Å². The zero-order valence-corrected chi connectivity index (χ0v) is 17.4. The highest BCUT2D eigenvalue weighted by Crippen LogP contribution is 2.26. The highest BCUT2D eigenvalue weighted by atomic mass is 19.1. The van der Waals surface area contributed by atoms with Crippen LogP contribution in [0, 0.1) is 5.82 Å². The average Bonchev–Trinajstić information content (AvgIpc) is 3.36. The van der Waals surface area contributed by atoms with E-state index in [4.69, 9.17) is 5.73 Å². The number of quaternary nitrogens is 1. The van der Waals surface area contributed by atoms with Gasteiger partial charge in [-0.25, -0.2) is 23.0 Å². The molecule has 0 saturated carbocycles. The summed E-state index contributed by atoms with van der Waals surface area (Å²) in [5.74, 6) is -1.34. The van der Waals surface area contributed by atoms with Crippen LogP contribution in [0.1, 0.15) is 20.8 Å². The zero-order valence-electron chi connectivity index (χ0n) is 17.4. The maximum atomic E-state index is 13.6. The van der Waals surface area contributed by atoms with Crippen LogP contribution in [0.25, 0.3) is 17.0 Å². The van der Waals surface area contributed by atoms with Crippen molar-refractivity contribution in [3.05, 3.63) is 66.0 Å². The second-order valence-corrected chi connectivity index (χ2v) is 7.43. The van der Waals surface area contributed by atoms with Crippen molar-refractivity contribution in [2.75, 3.05) is 20.3 Å². The highest BCUT2D eigenvalue weighted by Gasteiger charge is 2.40. The molecule has 32 heavy (non-hydrogen) atoms. The molecule has 2 N–H and O–H groups in total. The second kappa shape index (κ2) is 7.93. The summed E-state index contributed by atoms with van der Waals surface area (Å²) in [5.41, 5.74) is 6.36. The molecule has 0 aliphatic carbocycles. The Balaban J connectivity index is 1.80. The molecule has 0 aliphatic heterocycles. The van der Waals surface area contributed by atoms with E-state index in [2.05, 4.69) is 15.1 Å². The second-order valence-electron chi connectivity index (χ2n) is 7.43. The van der Waals surface area contributed by atoms with Crippen LogP contribution in [-0.2, 0) is 7.05 Å². The van der Waals surface area contributed by atoms with Crippen LogP contribution >= 0.6 is 0 Å². The Morgan fingerprint density at radius 2 is 2.00 bits per heavy atom. The van der Waals surface area contributed by atoms with Gasteiger partial charge in [-0.15, -0.1) is 0 Å². The third-order valence-corrected chi connectivity index (χ3v) is 5.32. The van der Waals surface area contributed by atoms with Gasteiger partial charge in [0, 0.05) is 31.1 Å². The topological polar surface area (TPSA) is 108 Å². The first-order valence-electron chi connectivity index (χ1n) is 9.65. The van der Waals surface area contributed by atoms with Crippen LogP contribution in [-0.4, -0.2) is 56.2 Å². The smallest absolute Gasteiger partial charge is 0.356 e. The van der Waals surface area contributed by atoms with E-state index < -0.39 is 28.8 Å². The molecule has 0 radical (unpaired) electrons. The highest BCUT2D eigenvalue weighted by molar-refractivity contribution is 6.09. The molecule has 3 heterocycles. The first-order chi connectivity index (χ1) is 15.2. The summed E-state index contributed by atoms with van der Waals surface area (Å²) in [7, 11) is 2.98. The predicted molar refractivity (Wildman–Crippen MR) is 113 cm³/mol. The van der Waals surface area contributed by atoms with Crippen molar-refractivity contribution in [2.24, 2.45) is 12.8 Å². The number of imidazole rings is 1. The molecule has 11 heteroatoms. The summed E-state index contributed by atoms with van der Waals surface area (Å²) < 4.78 is 29.4. The lowest BCUT2D eigenvalue weighted by atomic mass is 10.1. The third-order valence-electron chi connectivity index (χ3n) is 5.32. The van der Waals surface area contributed by atoms with Crippen molar-refractivity contribution < 1.29 is 18.4 Å². The number of carbonyl (C=O) groups is 2. The molecule has 0 bridgehead atoms. The summed E-state index contributed by atoms with van der Waals surface area (Å²) >= 11 is 0. The van der Waals surface area contributed by atoms with Crippen LogP contribution in [0.3, 0.4) is 0 Å². The van der Waals surface area contributed by atoms with Crippen LogP contribution < -0.4 is 10.2 Å². The van der Waals surface area contributed by atoms with Crippen LogP contribution in [0.4, 0.5) is 14.6 Å². The summed E-state index contributed by atoms with van der Waals surface area (Å²) in [6.07, 6.45) is 4.54. The van der Waals surface area contributed by atoms with E-state index in [9.17, 15) is 18.4 Å². The van der Waals surface area contributed by atoms with E-state index in [1.807, 2.05) is 0 Å². The number of nitrogens with zero attached hydrogens (tertiary/aromatic N) is 6. The number of hydrogen-bond acceptors (Lipinski definition) is 5. The Morgan fingerprint density at radius 3 is 2.69 bits per heavy atom. The van der Waals surface area contributed by atoms with Gasteiger partial charge in [-0.1, -0.05) is 12.1 Å². The van der Waals surface area contributed by atoms with Gasteiger partial charge in [0.1, 0.15) is 30.3 Å². The number of halogens is 2. The molecule has 1 atom stereocenters. The fraction of sp³-hybridized carbons (Fsp3) is 0.190. The van der Waals surface area contributed by atoms with Crippen LogP contribution in [0.5, 0.6) is 0 Å². The van der Waals surface area contributed by atoms with E-state index in [1.54, 1.807) is 35.0 Å². The molecule has 2 amide bonds. The van der Waals surface area contributed by atoms with Crippen molar-refractivity contribution in [1.82, 2.24) is 28.6 Å². The molecule has 1 aromatic carbocycles. The summed E-state index contributed by atoms with van der Waals surface area (Å²) in [6.45, 7) is -1.04. The molecule has 4 aromatic rings. The molecule has 0 saturated heterocycles. The number of aromatic nitrogens is 5. The molecule has 0 spiro atoms. The lowest BCUT2D eigenvalue weighted by Gasteiger charge is -2.28. The average molecular weight is 440 g/mol. The van der Waals surface area contributed by atoms with E-state index in [0.717, 1.165) is 0 Å². The van der Waals surface area contributed by atoms with E-state index in [0.29, 0.717) is 11.3 Å². The van der Waals surface area contributed by atoms with Gasteiger partial charge in [-0.05, 0) is 12.1 Å². The number of primary amides is 1.